The van der Waals surface area contributed by atoms with E-state index >= 15 is 0 Å². The molecule has 1 aromatic carbocycles. The zero-order valence-electron chi connectivity index (χ0n) is 15.7. The van der Waals surface area contributed by atoms with Gasteiger partial charge >= 0.3 is 0 Å². The average molecular weight is 364 g/mol. The van der Waals surface area contributed by atoms with Gasteiger partial charge in [-0.1, -0.05) is 12.0 Å². The van der Waals surface area contributed by atoms with Crippen LogP contribution < -0.4 is 10.2 Å². The molecule has 1 amide bonds. The van der Waals surface area contributed by atoms with E-state index in [9.17, 15) is 4.79 Å². The highest BCUT2D eigenvalue weighted by atomic mass is 16.5. The Morgan fingerprint density at radius 3 is 2.70 bits per heavy atom. The van der Waals surface area contributed by atoms with Crippen molar-refractivity contribution in [2.24, 2.45) is 5.10 Å². The Morgan fingerprint density at radius 2 is 1.93 bits per heavy atom. The molecule has 140 valence electrons. The number of hydrogen-bond donors (Lipinski definition) is 1. The van der Waals surface area contributed by atoms with E-state index in [4.69, 9.17) is 4.74 Å². The molecule has 27 heavy (non-hydrogen) atoms. The second-order valence-electron chi connectivity index (χ2n) is 6.58. The minimum absolute atomic E-state index is 0.229. The van der Waals surface area contributed by atoms with Crippen molar-refractivity contribution in [3.8, 4) is 17.0 Å². The Labute approximate surface area is 159 Å². The summed E-state index contributed by atoms with van der Waals surface area (Å²) in [6, 6.07) is 7.45. The van der Waals surface area contributed by atoms with Crippen LogP contribution in [0.25, 0.3) is 11.3 Å². The van der Waals surface area contributed by atoms with E-state index in [2.05, 4.69) is 27.4 Å². The summed E-state index contributed by atoms with van der Waals surface area (Å²) in [6.45, 7) is 2.14. The van der Waals surface area contributed by atoms with Crippen LogP contribution in [0.3, 0.4) is 0 Å². The van der Waals surface area contributed by atoms with E-state index in [0.717, 1.165) is 24.2 Å². The highest BCUT2D eigenvalue weighted by Crippen LogP contribution is 2.22. The Kier molecular flexibility index (Phi) is 6.30. The van der Waals surface area contributed by atoms with Crippen LogP contribution >= 0.6 is 0 Å². The van der Waals surface area contributed by atoms with E-state index in [-0.39, 0.29) is 11.6 Å². The molecule has 1 heterocycles. The Balaban J connectivity index is 1.69. The average Bonchev–Trinajstić information content (AvgIpc) is 2.92. The number of nitrogens with zero attached hydrogens (tertiary/aromatic N) is 3. The molecule has 0 aliphatic heterocycles. The number of allylic oxidation sites excluding steroid dienone is 2. The molecule has 1 aliphatic rings. The number of benzene rings is 1. The van der Waals surface area contributed by atoms with Crippen molar-refractivity contribution >= 4 is 12.1 Å². The van der Waals surface area contributed by atoms with Gasteiger partial charge in [0.1, 0.15) is 11.4 Å². The topological polar surface area (TPSA) is 76.5 Å². The Morgan fingerprint density at radius 1 is 1.15 bits per heavy atom. The van der Waals surface area contributed by atoms with Crippen molar-refractivity contribution in [2.45, 2.75) is 39.0 Å². The smallest absolute Gasteiger partial charge is 0.291 e. The van der Waals surface area contributed by atoms with Gasteiger partial charge in [0.15, 0.2) is 0 Å². The lowest BCUT2D eigenvalue weighted by Gasteiger charge is -2.05. The fourth-order valence-electron chi connectivity index (χ4n) is 3.03. The fourth-order valence-corrected chi connectivity index (χ4v) is 3.03. The molecule has 1 N–H and O–H groups in total. The number of hydrogen-bond acceptors (Lipinski definition) is 5. The summed E-state index contributed by atoms with van der Waals surface area (Å²) in [4.78, 5) is 20.9. The Bertz CT molecular complexity index is 857. The van der Waals surface area contributed by atoms with Gasteiger partial charge in [-0.3, -0.25) is 9.78 Å². The van der Waals surface area contributed by atoms with Crippen LogP contribution in [-0.4, -0.2) is 29.2 Å². The monoisotopic (exact) mass is 364 g/mol. The third-order valence-electron chi connectivity index (χ3n) is 4.69. The SMILES string of the molecule is COc1ccc(-c2cncc(C(=O)NN=CC3=C(C)CCCCC3)n2)cc1. The van der Waals surface area contributed by atoms with Gasteiger partial charge in [-0.15, -0.1) is 0 Å². The number of ether oxygens (including phenoxy) is 1. The second kappa shape index (κ2) is 9.07. The molecule has 0 bridgehead atoms. The standard InChI is InChI=1S/C21H24N4O2/c1-15-6-4-3-5-7-17(15)12-23-25-21(26)20-14-22-13-19(24-20)16-8-10-18(27-2)11-9-16/h8-14H,3-7H2,1-2H3,(H,25,26). The number of amides is 1. The predicted octanol–water partition coefficient (Wildman–Crippen LogP) is 4.15. The van der Waals surface area contributed by atoms with Crippen molar-refractivity contribution < 1.29 is 9.53 Å². The van der Waals surface area contributed by atoms with E-state index in [1.54, 1.807) is 19.5 Å². The predicted molar refractivity (Wildman–Crippen MR) is 106 cm³/mol. The summed E-state index contributed by atoms with van der Waals surface area (Å²) in [5.41, 5.74) is 6.84. The molecule has 0 spiro atoms. The van der Waals surface area contributed by atoms with Gasteiger partial charge in [-0.2, -0.15) is 5.10 Å². The highest BCUT2D eigenvalue weighted by molar-refractivity contribution is 5.93. The van der Waals surface area contributed by atoms with Gasteiger partial charge in [0.05, 0.1) is 31.4 Å². The van der Waals surface area contributed by atoms with Gasteiger partial charge in [-0.25, -0.2) is 10.4 Å². The normalized spacial score (nSPS) is 14.9. The van der Waals surface area contributed by atoms with Crippen LogP contribution in [0.1, 0.15) is 49.5 Å². The van der Waals surface area contributed by atoms with Crippen molar-refractivity contribution in [1.29, 1.82) is 0 Å². The molecule has 0 saturated heterocycles. The van der Waals surface area contributed by atoms with Crippen LogP contribution in [0.2, 0.25) is 0 Å². The lowest BCUT2D eigenvalue weighted by molar-refractivity contribution is 0.0950. The molecule has 0 fully saturated rings. The second-order valence-corrected chi connectivity index (χ2v) is 6.58. The van der Waals surface area contributed by atoms with Crippen LogP contribution in [-0.2, 0) is 0 Å². The summed E-state index contributed by atoms with van der Waals surface area (Å²) >= 11 is 0. The molecule has 3 rings (SSSR count). The minimum atomic E-state index is -0.374. The van der Waals surface area contributed by atoms with Crippen molar-refractivity contribution in [2.75, 3.05) is 7.11 Å². The molecule has 1 aliphatic carbocycles. The van der Waals surface area contributed by atoms with Crippen molar-refractivity contribution in [1.82, 2.24) is 15.4 Å². The molecule has 0 saturated carbocycles. The maximum atomic E-state index is 12.4. The van der Waals surface area contributed by atoms with Gasteiger partial charge in [0, 0.05) is 5.56 Å². The zero-order chi connectivity index (χ0) is 19.1. The van der Waals surface area contributed by atoms with Gasteiger partial charge in [-0.05, 0) is 62.4 Å². The lowest BCUT2D eigenvalue weighted by atomic mass is 10.1. The van der Waals surface area contributed by atoms with Crippen molar-refractivity contribution in [3.63, 3.8) is 0 Å². The molecular formula is C21H24N4O2. The maximum absolute atomic E-state index is 12.4. The number of methoxy groups -OCH3 is 1. The van der Waals surface area contributed by atoms with E-state index in [0.29, 0.717) is 5.69 Å². The quantitative estimate of drug-likeness (QED) is 0.639. The van der Waals surface area contributed by atoms with E-state index < -0.39 is 0 Å². The molecule has 6 heteroatoms. The minimum Gasteiger partial charge on any atom is -0.497 e. The largest absolute Gasteiger partial charge is 0.497 e. The molecule has 1 aromatic heterocycles. The number of aromatic nitrogens is 2. The fraction of sp³-hybridized carbons (Fsp3) is 0.333. The van der Waals surface area contributed by atoms with E-state index in [1.165, 1.54) is 36.6 Å². The first-order valence-electron chi connectivity index (χ1n) is 9.16. The first-order valence-corrected chi connectivity index (χ1v) is 9.16. The number of carbonyl (C=O) groups is 1. The summed E-state index contributed by atoms with van der Waals surface area (Å²) in [5.74, 6) is 0.388. The molecule has 0 radical (unpaired) electrons. The molecule has 0 atom stereocenters. The molecule has 6 nitrogen and oxygen atoms in total. The van der Waals surface area contributed by atoms with Crippen LogP contribution in [0, 0.1) is 0 Å². The van der Waals surface area contributed by atoms with Crippen molar-refractivity contribution in [3.05, 3.63) is 53.5 Å². The van der Waals surface area contributed by atoms with Gasteiger partial charge < -0.3 is 4.74 Å². The maximum Gasteiger partial charge on any atom is 0.291 e. The highest BCUT2D eigenvalue weighted by Gasteiger charge is 2.10. The number of carbonyl (C=O) groups excluding carboxylic acids is 1. The lowest BCUT2D eigenvalue weighted by Crippen LogP contribution is -2.19. The molecule has 2 aromatic rings. The van der Waals surface area contributed by atoms with Crippen LogP contribution in [0.15, 0.2) is 52.9 Å². The Hall–Kier alpha value is -3.02. The summed E-state index contributed by atoms with van der Waals surface area (Å²) < 4.78 is 5.16. The third-order valence-corrected chi connectivity index (χ3v) is 4.69. The zero-order valence-corrected chi connectivity index (χ0v) is 15.7. The third kappa shape index (κ3) is 5.00. The summed E-state index contributed by atoms with van der Waals surface area (Å²) in [7, 11) is 1.62. The number of nitrogens with one attached hydrogen (secondary N) is 1. The van der Waals surface area contributed by atoms with E-state index in [1.807, 2.05) is 24.3 Å². The molecule has 0 unspecified atom stereocenters. The summed E-state index contributed by atoms with van der Waals surface area (Å²) in [6.07, 6.45) is 10.6. The first-order chi connectivity index (χ1) is 13.2. The number of hydrazone groups is 1. The summed E-state index contributed by atoms with van der Waals surface area (Å²) in [5, 5.41) is 4.12. The van der Waals surface area contributed by atoms with Crippen LogP contribution in [0.5, 0.6) is 5.75 Å². The van der Waals surface area contributed by atoms with Gasteiger partial charge in [0.2, 0.25) is 0 Å². The molecular weight excluding hydrogens is 340 g/mol. The number of rotatable bonds is 5. The van der Waals surface area contributed by atoms with Gasteiger partial charge in [0.25, 0.3) is 5.91 Å². The first kappa shape index (κ1) is 18.8. The van der Waals surface area contributed by atoms with Crippen LogP contribution in [0.4, 0.5) is 0 Å².